The smallest absolute Gasteiger partial charge is 0.234 e. The molecule has 0 unspecified atom stereocenters. The van der Waals surface area contributed by atoms with Crippen molar-refractivity contribution in [2.45, 2.75) is 38.1 Å². The molecule has 2 N–H and O–H groups in total. The SMILES string of the molecule is C=CCNC(=O)CNC1CCCCC1. The Bertz CT molecular complexity index is 186. The molecular weight excluding hydrogens is 176 g/mol. The molecule has 0 spiro atoms. The molecule has 3 heteroatoms. The highest BCUT2D eigenvalue weighted by atomic mass is 16.1. The highest BCUT2D eigenvalue weighted by Gasteiger charge is 2.13. The van der Waals surface area contributed by atoms with E-state index in [-0.39, 0.29) is 5.91 Å². The number of carbonyl (C=O) groups excluding carboxylic acids is 1. The molecule has 0 bridgehead atoms. The molecule has 0 aromatic rings. The van der Waals surface area contributed by atoms with Crippen molar-refractivity contribution in [2.24, 2.45) is 0 Å². The van der Waals surface area contributed by atoms with E-state index >= 15 is 0 Å². The fourth-order valence-electron chi connectivity index (χ4n) is 1.79. The van der Waals surface area contributed by atoms with Crippen LogP contribution in [0.1, 0.15) is 32.1 Å². The minimum Gasteiger partial charge on any atom is -0.352 e. The molecule has 0 aromatic carbocycles. The van der Waals surface area contributed by atoms with E-state index in [2.05, 4.69) is 17.2 Å². The van der Waals surface area contributed by atoms with Gasteiger partial charge >= 0.3 is 0 Å². The monoisotopic (exact) mass is 196 g/mol. The van der Waals surface area contributed by atoms with Crippen LogP contribution >= 0.6 is 0 Å². The average Bonchev–Trinajstić information content (AvgIpc) is 2.25. The quantitative estimate of drug-likeness (QED) is 0.649. The van der Waals surface area contributed by atoms with Crippen LogP contribution in [-0.2, 0) is 4.79 Å². The van der Waals surface area contributed by atoms with Crippen LogP contribution in [-0.4, -0.2) is 25.0 Å². The molecule has 1 amide bonds. The van der Waals surface area contributed by atoms with Crippen molar-refractivity contribution in [1.29, 1.82) is 0 Å². The summed E-state index contributed by atoms with van der Waals surface area (Å²) in [6, 6.07) is 0.554. The molecule has 1 rings (SSSR count). The van der Waals surface area contributed by atoms with Gasteiger partial charge in [-0.3, -0.25) is 4.79 Å². The summed E-state index contributed by atoms with van der Waals surface area (Å²) in [5.74, 6) is 0.0653. The van der Waals surface area contributed by atoms with Gasteiger partial charge in [-0.15, -0.1) is 6.58 Å². The van der Waals surface area contributed by atoms with Crippen molar-refractivity contribution < 1.29 is 4.79 Å². The molecule has 0 aromatic heterocycles. The molecule has 1 saturated carbocycles. The van der Waals surface area contributed by atoms with Gasteiger partial charge in [0.05, 0.1) is 6.54 Å². The summed E-state index contributed by atoms with van der Waals surface area (Å²) in [7, 11) is 0. The van der Waals surface area contributed by atoms with Crippen LogP contribution in [0.15, 0.2) is 12.7 Å². The zero-order valence-electron chi connectivity index (χ0n) is 8.72. The molecule has 1 fully saturated rings. The van der Waals surface area contributed by atoms with Gasteiger partial charge in [-0.2, -0.15) is 0 Å². The third kappa shape index (κ3) is 4.42. The zero-order valence-corrected chi connectivity index (χ0v) is 8.72. The van der Waals surface area contributed by atoms with Crippen LogP contribution < -0.4 is 10.6 Å². The van der Waals surface area contributed by atoms with Gasteiger partial charge in [0, 0.05) is 12.6 Å². The maximum Gasteiger partial charge on any atom is 0.234 e. The summed E-state index contributed by atoms with van der Waals surface area (Å²) >= 11 is 0. The van der Waals surface area contributed by atoms with E-state index < -0.39 is 0 Å². The second kappa shape index (κ2) is 6.60. The van der Waals surface area contributed by atoms with Gasteiger partial charge < -0.3 is 10.6 Å². The number of hydrogen-bond donors (Lipinski definition) is 2. The van der Waals surface area contributed by atoms with Gasteiger partial charge in [0.25, 0.3) is 0 Å². The van der Waals surface area contributed by atoms with Gasteiger partial charge in [0.2, 0.25) is 5.91 Å². The first-order chi connectivity index (χ1) is 6.83. The van der Waals surface area contributed by atoms with Gasteiger partial charge in [-0.25, -0.2) is 0 Å². The number of hydrogen-bond acceptors (Lipinski definition) is 2. The number of rotatable bonds is 5. The molecular formula is C11H20N2O. The second-order valence-corrected chi connectivity index (χ2v) is 3.81. The highest BCUT2D eigenvalue weighted by molar-refractivity contribution is 5.78. The number of nitrogens with one attached hydrogen (secondary N) is 2. The normalized spacial score (nSPS) is 17.7. The predicted molar refractivity (Wildman–Crippen MR) is 58.1 cm³/mol. The summed E-state index contributed by atoms with van der Waals surface area (Å²) < 4.78 is 0. The van der Waals surface area contributed by atoms with Crippen LogP contribution in [0.25, 0.3) is 0 Å². The van der Waals surface area contributed by atoms with E-state index in [1.807, 2.05) is 0 Å². The van der Waals surface area contributed by atoms with E-state index in [4.69, 9.17) is 0 Å². The van der Waals surface area contributed by atoms with Crippen molar-refractivity contribution in [3.05, 3.63) is 12.7 Å². The Hall–Kier alpha value is -0.830. The minimum atomic E-state index is 0.0653. The van der Waals surface area contributed by atoms with E-state index in [1.165, 1.54) is 32.1 Å². The third-order valence-corrected chi connectivity index (χ3v) is 2.60. The molecule has 0 heterocycles. The number of amides is 1. The van der Waals surface area contributed by atoms with Gasteiger partial charge in [-0.1, -0.05) is 25.3 Å². The lowest BCUT2D eigenvalue weighted by Crippen LogP contribution is -2.40. The van der Waals surface area contributed by atoms with E-state index in [0.717, 1.165) is 0 Å². The standard InChI is InChI=1S/C11H20N2O/c1-2-8-12-11(14)9-13-10-6-4-3-5-7-10/h2,10,13H,1,3-9H2,(H,12,14). The molecule has 14 heavy (non-hydrogen) atoms. The van der Waals surface area contributed by atoms with Crippen molar-refractivity contribution in [3.63, 3.8) is 0 Å². The predicted octanol–water partition coefficient (Wildman–Crippen LogP) is 1.21. The van der Waals surface area contributed by atoms with Crippen molar-refractivity contribution >= 4 is 5.91 Å². The topological polar surface area (TPSA) is 41.1 Å². The summed E-state index contributed by atoms with van der Waals surface area (Å²) in [5, 5.41) is 6.04. The van der Waals surface area contributed by atoms with E-state index in [0.29, 0.717) is 19.1 Å². The molecule has 0 saturated heterocycles. The lowest BCUT2D eigenvalue weighted by atomic mass is 9.95. The Kier molecular flexibility index (Phi) is 5.30. The summed E-state index contributed by atoms with van der Waals surface area (Å²) in [4.78, 5) is 11.2. The fourth-order valence-corrected chi connectivity index (χ4v) is 1.79. The molecule has 80 valence electrons. The van der Waals surface area contributed by atoms with Gasteiger partial charge in [0.1, 0.15) is 0 Å². The van der Waals surface area contributed by atoms with E-state index in [9.17, 15) is 4.79 Å². The Morgan fingerprint density at radius 3 is 2.71 bits per heavy atom. The third-order valence-electron chi connectivity index (χ3n) is 2.60. The Labute approximate surface area is 86.0 Å². The Morgan fingerprint density at radius 1 is 1.36 bits per heavy atom. The van der Waals surface area contributed by atoms with Crippen LogP contribution in [0.2, 0.25) is 0 Å². The zero-order chi connectivity index (χ0) is 10.2. The minimum absolute atomic E-state index is 0.0653. The van der Waals surface area contributed by atoms with Crippen LogP contribution in [0, 0.1) is 0 Å². The second-order valence-electron chi connectivity index (χ2n) is 3.81. The summed E-state index contributed by atoms with van der Waals surface area (Å²) in [5.41, 5.74) is 0. The Morgan fingerprint density at radius 2 is 2.07 bits per heavy atom. The molecule has 0 radical (unpaired) electrons. The van der Waals surface area contributed by atoms with Crippen LogP contribution in [0.5, 0.6) is 0 Å². The van der Waals surface area contributed by atoms with Crippen molar-refractivity contribution in [3.8, 4) is 0 Å². The molecule has 1 aliphatic rings. The first kappa shape index (κ1) is 11.2. The summed E-state index contributed by atoms with van der Waals surface area (Å²) in [6.45, 7) is 4.55. The Balaban J connectivity index is 2.06. The van der Waals surface area contributed by atoms with Crippen molar-refractivity contribution in [1.82, 2.24) is 10.6 Å². The first-order valence-electron chi connectivity index (χ1n) is 5.44. The van der Waals surface area contributed by atoms with E-state index in [1.54, 1.807) is 6.08 Å². The molecule has 3 nitrogen and oxygen atoms in total. The highest BCUT2D eigenvalue weighted by Crippen LogP contribution is 2.16. The number of carbonyl (C=O) groups is 1. The van der Waals surface area contributed by atoms with Gasteiger partial charge in [0.15, 0.2) is 0 Å². The summed E-state index contributed by atoms with van der Waals surface area (Å²) in [6.07, 6.45) is 8.07. The average molecular weight is 196 g/mol. The maximum absolute atomic E-state index is 11.2. The molecule has 1 aliphatic carbocycles. The lowest BCUT2D eigenvalue weighted by Gasteiger charge is -2.22. The van der Waals surface area contributed by atoms with Crippen LogP contribution in [0.3, 0.4) is 0 Å². The van der Waals surface area contributed by atoms with Crippen molar-refractivity contribution in [2.75, 3.05) is 13.1 Å². The fraction of sp³-hybridized carbons (Fsp3) is 0.727. The van der Waals surface area contributed by atoms with Gasteiger partial charge in [-0.05, 0) is 12.8 Å². The lowest BCUT2D eigenvalue weighted by molar-refractivity contribution is -0.120. The molecule has 0 atom stereocenters. The molecule has 0 aliphatic heterocycles. The maximum atomic E-state index is 11.2. The first-order valence-corrected chi connectivity index (χ1v) is 5.44. The largest absolute Gasteiger partial charge is 0.352 e. The van der Waals surface area contributed by atoms with Crippen LogP contribution in [0.4, 0.5) is 0 Å².